The zero-order valence-electron chi connectivity index (χ0n) is 11.7. The molecule has 0 aromatic carbocycles. The molecular formula is C13H28O4. The second kappa shape index (κ2) is 8.86. The summed E-state index contributed by atoms with van der Waals surface area (Å²) in [7, 11) is 1.62. The normalized spacial score (nSPS) is 19.1. The lowest BCUT2D eigenvalue weighted by Gasteiger charge is -2.26. The molecule has 2 N–H and O–H groups in total. The van der Waals surface area contributed by atoms with Crippen molar-refractivity contribution in [2.24, 2.45) is 11.8 Å². The maximum atomic E-state index is 9.86. The van der Waals surface area contributed by atoms with Crippen molar-refractivity contribution in [3.05, 3.63) is 0 Å². The Balaban J connectivity index is 3.94. The van der Waals surface area contributed by atoms with Gasteiger partial charge in [0, 0.05) is 7.11 Å². The SMILES string of the molecule is COCC(C)OCC(O)CC(C(C)C)C(C)O. The minimum atomic E-state index is -0.531. The van der Waals surface area contributed by atoms with E-state index in [-0.39, 0.29) is 12.0 Å². The largest absolute Gasteiger partial charge is 0.393 e. The van der Waals surface area contributed by atoms with Gasteiger partial charge in [0.15, 0.2) is 0 Å². The van der Waals surface area contributed by atoms with Gasteiger partial charge in [-0.3, -0.25) is 0 Å². The predicted molar refractivity (Wildman–Crippen MR) is 67.9 cm³/mol. The van der Waals surface area contributed by atoms with Crippen LogP contribution >= 0.6 is 0 Å². The van der Waals surface area contributed by atoms with Crippen LogP contribution in [0.2, 0.25) is 0 Å². The molecule has 104 valence electrons. The molecule has 0 aliphatic carbocycles. The van der Waals surface area contributed by atoms with Crippen LogP contribution in [0.4, 0.5) is 0 Å². The molecule has 0 fully saturated rings. The molecule has 0 aliphatic heterocycles. The first-order valence-electron chi connectivity index (χ1n) is 6.35. The van der Waals surface area contributed by atoms with E-state index in [2.05, 4.69) is 13.8 Å². The van der Waals surface area contributed by atoms with Crippen molar-refractivity contribution in [2.75, 3.05) is 20.3 Å². The third-order valence-electron chi connectivity index (χ3n) is 2.99. The predicted octanol–water partition coefficient (Wildman–Crippen LogP) is 1.44. The van der Waals surface area contributed by atoms with E-state index in [9.17, 15) is 10.2 Å². The molecule has 0 aromatic heterocycles. The number of ether oxygens (including phenoxy) is 2. The molecule has 0 spiro atoms. The maximum absolute atomic E-state index is 9.86. The van der Waals surface area contributed by atoms with Crippen LogP contribution in [0.3, 0.4) is 0 Å². The minimum absolute atomic E-state index is 0.0151. The van der Waals surface area contributed by atoms with Crippen molar-refractivity contribution >= 4 is 0 Å². The van der Waals surface area contributed by atoms with E-state index in [4.69, 9.17) is 9.47 Å². The summed E-state index contributed by atoms with van der Waals surface area (Å²) in [5, 5.41) is 19.5. The topological polar surface area (TPSA) is 58.9 Å². The summed E-state index contributed by atoms with van der Waals surface area (Å²) in [5.74, 6) is 0.451. The molecule has 0 saturated heterocycles. The van der Waals surface area contributed by atoms with Crippen molar-refractivity contribution in [1.82, 2.24) is 0 Å². The maximum Gasteiger partial charge on any atom is 0.0781 e. The third-order valence-corrected chi connectivity index (χ3v) is 2.99. The molecule has 4 heteroatoms. The Labute approximate surface area is 105 Å². The highest BCUT2D eigenvalue weighted by Crippen LogP contribution is 2.21. The van der Waals surface area contributed by atoms with Gasteiger partial charge >= 0.3 is 0 Å². The van der Waals surface area contributed by atoms with Gasteiger partial charge in [-0.25, -0.2) is 0 Å². The summed E-state index contributed by atoms with van der Waals surface area (Å²) < 4.78 is 10.4. The molecule has 0 heterocycles. The Bertz CT molecular complexity index is 174. The first-order chi connectivity index (χ1) is 7.88. The van der Waals surface area contributed by atoms with Crippen molar-refractivity contribution in [3.8, 4) is 0 Å². The first-order valence-corrected chi connectivity index (χ1v) is 6.35. The van der Waals surface area contributed by atoms with Crippen molar-refractivity contribution in [1.29, 1.82) is 0 Å². The molecule has 0 radical (unpaired) electrons. The molecule has 17 heavy (non-hydrogen) atoms. The fourth-order valence-corrected chi connectivity index (χ4v) is 1.97. The van der Waals surface area contributed by atoms with E-state index in [1.807, 2.05) is 6.92 Å². The molecule has 4 atom stereocenters. The zero-order chi connectivity index (χ0) is 13.4. The highest BCUT2D eigenvalue weighted by molar-refractivity contribution is 4.72. The molecule has 4 nitrogen and oxygen atoms in total. The standard InChI is InChI=1S/C13H28O4/c1-9(2)13(11(4)14)6-12(15)8-17-10(3)7-16-5/h9-15H,6-8H2,1-5H3. The van der Waals surface area contributed by atoms with Crippen molar-refractivity contribution in [2.45, 2.75) is 52.4 Å². The molecule has 0 amide bonds. The van der Waals surface area contributed by atoms with E-state index >= 15 is 0 Å². The average molecular weight is 248 g/mol. The zero-order valence-corrected chi connectivity index (χ0v) is 11.7. The number of hydrogen-bond acceptors (Lipinski definition) is 4. The first kappa shape index (κ1) is 16.8. The fourth-order valence-electron chi connectivity index (χ4n) is 1.97. The highest BCUT2D eigenvalue weighted by Gasteiger charge is 2.22. The Morgan fingerprint density at radius 1 is 1.00 bits per heavy atom. The Hall–Kier alpha value is -0.160. The summed E-state index contributed by atoms with van der Waals surface area (Å²) in [6, 6.07) is 0. The van der Waals surface area contributed by atoms with Crippen LogP contribution in [0.5, 0.6) is 0 Å². The summed E-state index contributed by atoms with van der Waals surface area (Å²) in [6.07, 6.45) is -0.384. The van der Waals surface area contributed by atoms with Crippen LogP contribution in [0.25, 0.3) is 0 Å². The second-order valence-electron chi connectivity index (χ2n) is 5.14. The molecule has 0 aliphatic rings. The number of aliphatic hydroxyl groups excluding tert-OH is 2. The number of rotatable bonds is 9. The molecule has 0 bridgehead atoms. The summed E-state index contributed by atoms with van der Waals surface area (Å²) in [4.78, 5) is 0. The summed E-state index contributed by atoms with van der Waals surface area (Å²) in [6.45, 7) is 8.60. The van der Waals surface area contributed by atoms with Gasteiger partial charge in [-0.15, -0.1) is 0 Å². The van der Waals surface area contributed by atoms with Gasteiger partial charge in [-0.05, 0) is 32.1 Å². The second-order valence-corrected chi connectivity index (χ2v) is 5.14. The molecule has 0 aromatic rings. The Morgan fingerprint density at radius 2 is 1.59 bits per heavy atom. The smallest absolute Gasteiger partial charge is 0.0781 e. The van der Waals surface area contributed by atoms with E-state index in [0.29, 0.717) is 25.6 Å². The summed E-state index contributed by atoms with van der Waals surface area (Å²) >= 11 is 0. The van der Waals surface area contributed by atoms with Crippen LogP contribution in [0, 0.1) is 11.8 Å². The number of methoxy groups -OCH3 is 1. The van der Waals surface area contributed by atoms with E-state index in [1.165, 1.54) is 0 Å². The highest BCUT2D eigenvalue weighted by atomic mass is 16.5. The van der Waals surface area contributed by atoms with Crippen LogP contribution in [-0.2, 0) is 9.47 Å². The van der Waals surface area contributed by atoms with Crippen LogP contribution in [0.15, 0.2) is 0 Å². The van der Waals surface area contributed by atoms with Gasteiger partial charge in [0.05, 0.1) is 31.5 Å². The van der Waals surface area contributed by atoms with Crippen molar-refractivity contribution < 1.29 is 19.7 Å². The van der Waals surface area contributed by atoms with Gasteiger partial charge in [0.2, 0.25) is 0 Å². The fraction of sp³-hybridized carbons (Fsp3) is 1.00. The molecule has 0 saturated carbocycles. The number of aliphatic hydroxyl groups is 2. The minimum Gasteiger partial charge on any atom is -0.393 e. The van der Waals surface area contributed by atoms with Gasteiger partial charge < -0.3 is 19.7 Å². The van der Waals surface area contributed by atoms with Crippen LogP contribution < -0.4 is 0 Å². The molecule has 0 rings (SSSR count). The van der Waals surface area contributed by atoms with Gasteiger partial charge in [-0.2, -0.15) is 0 Å². The van der Waals surface area contributed by atoms with E-state index in [1.54, 1.807) is 14.0 Å². The van der Waals surface area contributed by atoms with Gasteiger partial charge in [-0.1, -0.05) is 13.8 Å². The van der Waals surface area contributed by atoms with Gasteiger partial charge in [0.1, 0.15) is 0 Å². The Morgan fingerprint density at radius 3 is 2.00 bits per heavy atom. The molecular weight excluding hydrogens is 220 g/mol. The van der Waals surface area contributed by atoms with Crippen LogP contribution in [0.1, 0.15) is 34.1 Å². The quantitative estimate of drug-likeness (QED) is 0.648. The van der Waals surface area contributed by atoms with E-state index < -0.39 is 12.2 Å². The lowest BCUT2D eigenvalue weighted by molar-refractivity contribution is -0.0460. The number of hydrogen-bond donors (Lipinski definition) is 2. The molecule has 4 unspecified atom stereocenters. The average Bonchev–Trinajstić information content (AvgIpc) is 2.22. The van der Waals surface area contributed by atoms with Crippen molar-refractivity contribution in [3.63, 3.8) is 0 Å². The third kappa shape index (κ3) is 7.71. The Kier molecular flexibility index (Phi) is 8.78. The van der Waals surface area contributed by atoms with E-state index in [0.717, 1.165) is 0 Å². The lowest BCUT2D eigenvalue weighted by atomic mass is 9.86. The van der Waals surface area contributed by atoms with Gasteiger partial charge in [0.25, 0.3) is 0 Å². The monoisotopic (exact) mass is 248 g/mol. The van der Waals surface area contributed by atoms with Crippen LogP contribution in [-0.4, -0.2) is 48.8 Å². The lowest BCUT2D eigenvalue weighted by Crippen LogP contribution is -2.30. The summed E-state index contributed by atoms with van der Waals surface area (Å²) in [5.41, 5.74) is 0.